The van der Waals surface area contributed by atoms with Crippen molar-refractivity contribution in [3.05, 3.63) is 65.4 Å². The lowest BCUT2D eigenvalue weighted by Gasteiger charge is -2.42. The standard InChI is InChI=1S/C21H21N3O/c1-15-20(23-19-9-5-4-8-18(19)22-15)24-12-13-25-21(14-24)11-10-16-6-2-3-7-17(16)21/h2-9H,10-14H2,1H3. The van der Waals surface area contributed by atoms with E-state index in [1.807, 2.05) is 24.3 Å². The Morgan fingerprint density at radius 2 is 1.76 bits per heavy atom. The van der Waals surface area contributed by atoms with Gasteiger partial charge in [0.1, 0.15) is 5.60 Å². The van der Waals surface area contributed by atoms with Crippen LogP contribution in [-0.4, -0.2) is 29.7 Å². The first-order chi connectivity index (χ1) is 12.3. The van der Waals surface area contributed by atoms with Gasteiger partial charge in [-0.1, -0.05) is 36.4 Å². The van der Waals surface area contributed by atoms with Crippen molar-refractivity contribution in [1.29, 1.82) is 0 Å². The molecule has 0 N–H and O–H groups in total. The molecule has 0 amide bonds. The Morgan fingerprint density at radius 3 is 2.64 bits per heavy atom. The SMILES string of the molecule is Cc1nc2ccccc2nc1N1CCOC2(CCc3ccccc32)C1. The molecule has 1 aliphatic heterocycles. The van der Waals surface area contributed by atoms with E-state index < -0.39 is 0 Å². The zero-order valence-corrected chi connectivity index (χ0v) is 14.4. The molecule has 126 valence electrons. The van der Waals surface area contributed by atoms with Crippen LogP contribution in [-0.2, 0) is 16.8 Å². The number of nitrogens with zero attached hydrogens (tertiary/aromatic N) is 3. The number of rotatable bonds is 1. The first kappa shape index (κ1) is 14.8. The third kappa shape index (κ3) is 2.32. The summed E-state index contributed by atoms with van der Waals surface area (Å²) in [5.41, 5.74) is 5.47. The molecule has 1 spiro atoms. The third-order valence-corrected chi connectivity index (χ3v) is 5.51. The molecular formula is C21H21N3O. The Balaban J connectivity index is 1.55. The molecule has 0 radical (unpaired) electrons. The quantitative estimate of drug-likeness (QED) is 0.683. The number of anilines is 1. The second-order valence-corrected chi connectivity index (χ2v) is 7.04. The lowest BCUT2D eigenvalue weighted by molar-refractivity contribution is -0.0594. The minimum atomic E-state index is -0.200. The van der Waals surface area contributed by atoms with E-state index in [0.29, 0.717) is 0 Å². The summed E-state index contributed by atoms with van der Waals surface area (Å²) in [5, 5.41) is 0. The highest BCUT2D eigenvalue weighted by Gasteiger charge is 2.43. The molecule has 1 aromatic heterocycles. The number of hydrogen-bond donors (Lipinski definition) is 0. The number of fused-ring (bicyclic) bond motifs is 3. The number of morpholine rings is 1. The molecule has 1 aliphatic carbocycles. The highest BCUT2D eigenvalue weighted by molar-refractivity contribution is 5.76. The summed E-state index contributed by atoms with van der Waals surface area (Å²) in [7, 11) is 0. The number of benzene rings is 2. The van der Waals surface area contributed by atoms with Crippen LogP contribution < -0.4 is 4.90 Å². The van der Waals surface area contributed by atoms with Gasteiger partial charge in [-0.3, -0.25) is 0 Å². The topological polar surface area (TPSA) is 38.2 Å². The Bertz CT molecular complexity index is 951. The van der Waals surface area contributed by atoms with Crippen LogP contribution in [0.5, 0.6) is 0 Å². The minimum Gasteiger partial charge on any atom is -0.367 e. The zero-order valence-electron chi connectivity index (χ0n) is 14.4. The van der Waals surface area contributed by atoms with Crippen molar-refractivity contribution in [2.45, 2.75) is 25.4 Å². The Hall–Kier alpha value is -2.46. The van der Waals surface area contributed by atoms with Gasteiger partial charge in [0.15, 0.2) is 5.82 Å². The highest BCUT2D eigenvalue weighted by Crippen LogP contribution is 2.43. The Labute approximate surface area is 147 Å². The molecule has 0 bridgehead atoms. The number of hydrogen-bond acceptors (Lipinski definition) is 4. The number of ether oxygens (including phenoxy) is 1. The highest BCUT2D eigenvalue weighted by atomic mass is 16.5. The number of aromatic nitrogens is 2. The molecular weight excluding hydrogens is 310 g/mol. The molecule has 4 nitrogen and oxygen atoms in total. The molecule has 2 aromatic carbocycles. The van der Waals surface area contributed by atoms with Gasteiger partial charge in [0.25, 0.3) is 0 Å². The molecule has 2 aliphatic rings. The second-order valence-electron chi connectivity index (χ2n) is 7.04. The maximum Gasteiger partial charge on any atom is 0.150 e. The largest absolute Gasteiger partial charge is 0.367 e. The Morgan fingerprint density at radius 1 is 1.00 bits per heavy atom. The van der Waals surface area contributed by atoms with Gasteiger partial charge in [0.2, 0.25) is 0 Å². The van der Waals surface area contributed by atoms with Crippen LogP contribution in [0, 0.1) is 6.92 Å². The average Bonchev–Trinajstić information content (AvgIpc) is 2.99. The maximum absolute atomic E-state index is 6.34. The fourth-order valence-electron chi connectivity index (χ4n) is 4.31. The van der Waals surface area contributed by atoms with E-state index in [0.717, 1.165) is 55.1 Å². The van der Waals surface area contributed by atoms with Crippen LogP contribution in [0.25, 0.3) is 11.0 Å². The first-order valence-electron chi connectivity index (χ1n) is 8.96. The van der Waals surface area contributed by atoms with Gasteiger partial charge < -0.3 is 9.64 Å². The molecule has 0 saturated carbocycles. The number of aryl methyl sites for hydroxylation is 2. The van der Waals surface area contributed by atoms with Gasteiger partial charge in [0.05, 0.1) is 29.9 Å². The molecule has 1 atom stereocenters. The van der Waals surface area contributed by atoms with Gasteiger partial charge >= 0.3 is 0 Å². The van der Waals surface area contributed by atoms with Crippen LogP contribution in [0.1, 0.15) is 23.2 Å². The molecule has 25 heavy (non-hydrogen) atoms. The third-order valence-electron chi connectivity index (χ3n) is 5.51. The van der Waals surface area contributed by atoms with Crippen LogP contribution in [0.2, 0.25) is 0 Å². The van der Waals surface area contributed by atoms with Crippen molar-refractivity contribution in [3.63, 3.8) is 0 Å². The fourth-order valence-corrected chi connectivity index (χ4v) is 4.31. The normalized spacial score (nSPS) is 22.5. The van der Waals surface area contributed by atoms with Crippen LogP contribution >= 0.6 is 0 Å². The monoisotopic (exact) mass is 331 g/mol. The smallest absolute Gasteiger partial charge is 0.150 e. The van der Waals surface area contributed by atoms with Crippen molar-refractivity contribution < 1.29 is 4.74 Å². The molecule has 4 heteroatoms. The second kappa shape index (κ2) is 5.53. The van der Waals surface area contributed by atoms with E-state index >= 15 is 0 Å². The summed E-state index contributed by atoms with van der Waals surface area (Å²) >= 11 is 0. The van der Waals surface area contributed by atoms with Gasteiger partial charge in [0, 0.05) is 6.54 Å². The summed E-state index contributed by atoms with van der Waals surface area (Å²) in [6, 6.07) is 16.8. The van der Waals surface area contributed by atoms with Crippen molar-refractivity contribution in [2.75, 3.05) is 24.6 Å². The fraction of sp³-hybridized carbons (Fsp3) is 0.333. The predicted molar refractivity (Wildman–Crippen MR) is 98.9 cm³/mol. The van der Waals surface area contributed by atoms with Gasteiger partial charge in [-0.2, -0.15) is 0 Å². The first-order valence-corrected chi connectivity index (χ1v) is 8.96. The van der Waals surface area contributed by atoms with Gasteiger partial charge in [-0.25, -0.2) is 9.97 Å². The van der Waals surface area contributed by atoms with Crippen molar-refractivity contribution in [1.82, 2.24) is 9.97 Å². The van der Waals surface area contributed by atoms with E-state index in [4.69, 9.17) is 14.7 Å². The van der Waals surface area contributed by atoms with E-state index in [2.05, 4.69) is 36.1 Å². The van der Waals surface area contributed by atoms with E-state index in [-0.39, 0.29) is 5.60 Å². The molecule has 1 unspecified atom stereocenters. The maximum atomic E-state index is 6.34. The van der Waals surface area contributed by atoms with Gasteiger partial charge in [-0.05, 0) is 43.0 Å². The van der Waals surface area contributed by atoms with E-state index in [1.165, 1.54) is 11.1 Å². The molecule has 5 rings (SSSR count). The summed E-state index contributed by atoms with van der Waals surface area (Å²) in [5.74, 6) is 0.991. The summed E-state index contributed by atoms with van der Waals surface area (Å²) in [4.78, 5) is 12.0. The van der Waals surface area contributed by atoms with E-state index in [1.54, 1.807) is 0 Å². The van der Waals surface area contributed by atoms with E-state index in [9.17, 15) is 0 Å². The summed E-state index contributed by atoms with van der Waals surface area (Å²) in [6.45, 7) is 4.48. The van der Waals surface area contributed by atoms with Crippen molar-refractivity contribution >= 4 is 16.9 Å². The molecule has 1 saturated heterocycles. The number of para-hydroxylation sites is 2. The Kier molecular flexibility index (Phi) is 3.28. The van der Waals surface area contributed by atoms with Gasteiger partial charge in [-0.15, -0.1) is 0 Å². The lowest BCUT2D eigenvalue weighted by Crippen LogP contribution is -2.49. The van der Waals surface area contributed by atoms with Crippen molar-refractivity contribution in [3.8, 4) is 0 Å². The lowest BCUT2D eigenvalue weighted by atomic mass is 9.93. The van der Waals surface area contributed by atoms with Crippen LogP contribution in [0.4, 0.5) is 5.82 Å². The van der Waals surface area contributed by atoms with Crippen LogP contribution in [0.15, 0.2) is 48.5 Å². The van der Waals surface area contributed by atoms with Crippen molar-refractivity contribution in [2.24, 2.45) is 0 Å². The average molecular weight is 331 g/mol. The van der Waals surface area contributed by atoms with Crippen LogP contribution in [0.3, 0.4) is 0 Å². The predicted octanol–water partition coefficient (Wildman–Crippen LogP) is 3.62. The molecule has 2 heterocycles. The molecule has 3 aromatic rings. The zero-order chi connectivity index (χ0) is 16.9. The summed E-state index contributed by atoms with van der Waals surface area (Å²) < 4.78 is 6.34. The summed E-state index contributed by atoms with van der Waals surface area (Å²) in [6.07, 6.45) is 2.13. The minimum absolute atomic E-state index is 0.200. The molecule has 1 fully saturated rings.